The summed E-state index contributed by atoms with van der Waals surface area (Å²) in [6.45, 7) is 2.36. The molecule has 0 radical (unpaired) electrons. The van der Waals surface area contributed by atoms with Crippen LogP contribution in [0.2, 0.25) is 0 Å². The monoisotopic (exact) mass is 476 g/mol. The summed E-state index contributed by atoms with van der Waals surface area (Å²) in [5.41, 5.74) is 1.32. The van der Waals surface area contributed by atoms with Crippen molar-refractivity contribution in [3.63, 3.8) is 0 Å². The van der Waals surface area contributed by atoms with Crippen LogP contribution < -0.4 is 4.74 Å². The van der Waals surface area contributed by atoms with Crippen LogP contribution in [-0.4, -0.2) is 56.8 Å². The number of piperidine rings is 2. The molecule has 2 aliphatic rings. The number of benzene rings is 1. The van der Waals surface area contributed by atoms with Gasteiger partial charge in [-0.25, -0.2) is 8.42 Å². The normalized spacial score (nSPS) is 20.9. The van der Waals surface area contributed by atoms with E-state index >= 15 is 0 Å². The number of carbonyl (C=O) groups excluding carboxylic acids is 1. The summed E-state index contributed by atoms with van der Waals surface area (Å²) in [5, 5.41) is 1.78. The van der Waals surface area contributed by atoms with Crippen LogP contribution in [0, 0.1) is 11.8 Å². The minimum Gasteiger partial charge on any atom is -0.497 e. The zero-order valence-corrected chi connectivity index (χ0v) is 20.2. The number of methoxy groups -OCH3 is 1. The first kappa shape index (κ1) is 23.3. The van der Waals surface area contributed by atoms with Crippen LogP contribution in [0.5, 0.6) is 5.75 Å². The first-order valence-corrected chi connectivity index (χ1v) is 13.7. The number of hydrogen-bond donors (Lipinski definition) is 0. The number of aryl methyl sites for hydroxylation is 1. The molecule has 8 heteroatoms. The summed E-state index contributed by atoms with van der Waals surface area (Å²) in [6.07, 6.45) is 5.72. The van der Waals surface area contributed by atoms with Crippen LogP contribution in [0.25, 0.3) is 0 Å². The van der Waals surface area contributed by atoms with Gasteiger partial charge in [0.2, 0.25) is 5.91 Å². The number of likely N-dealkylation sites (tertiary alicyclic amines) is 1. The maximum absolute atomic E-state index is 13.2. The summed E-state index contributed by atoms with van der Waals surface area (Å²) in [5.74, 6) is 1.41. The number of rotatable bonds is 7. The lowest BCUT2D eigenvalue weighted by atomic mass is 9.89. The van der Waals surface area contributed by atoms with Gasteiger partial charge in [-0.1, -0.05) is 18.2 Å². The lowest BCUT2D eigenvalue weighted by Gasteiger charge is -2.37. The Kier molecular flexibility index (Phi) is 7.53. The summed E-state index contributed by atoms with van der Waals surface area (Å²) in [7, 11) is -1.81. The van der Waals surface area contributed by atoms with Crippen LogP contribution in [0.4, 0.5) is 0 Å². The summed E-state index contributed by atoms with van der Waals surface area (Å²) < 4.78 is 32.8. The average Bonchev–Trinajstić information content (AvgIpc) is 3.39. The Morgan fingerprint density at radius 1 is 1.09 bits per heavy atom. The van der Waals surface area contributed by atoms with Gasteiger partial charge in [-0.05, 0) is 73.6 Å². The first-order chi connectivity index (χ1) is 15.5. The lowest BCUT2D eigenvalue weighted by Crippen LogP contribution is -2.48. The molecule has 1 aromatic carbocycles. The molecule has 2 saturated heterocycles. The van der Waals surface area contributed by atoms with E-state index in [1.807, 2.05) is 17.0 Å². The summed E-state index contributed by atoms with van der Waals surface area (Å²) in [4.78, 5) is 15.1. The van der Waals surface area contributed by atoms with E-state index in [0.717, 1.165) is 57.4 Å². The molecule has 0 spiro atoms. The molecule has 174 valence electrons. The molecule has 2 aliphatic heterocycles. The number of amides is 1. The number of ether oxygens (including phenoxy) is 1. The zero-order chi connectivity index (χ0) is 22.6. The average molecular weight is 477 g/mol. The van der Waals surface area contributed by atoms with Gasteiger partial charge in [0.15, 0.2) is 0 Å². The van der Waals surface area contributed by atoms with E-state index in [1.165, 1.54) is 21.2 Å². The molecular formula is C24H32N2O4S2. The highest BCUT2D eigenvalue weighted by Crippen LogP contribution is 2.29. The minimum absolute atomic E-state index is 0.129. The molecule has 32 heavy (non-hydrogen) atoms. The maximum atomic E-state index is 13.2. The van der Waals surface area contributed by atoms with Gasteiger partial charge in [-0.2, -0.15) is 4.31 Å². The smallest absolute Gasteiger partial charge is 0.252 e. The largest absolute Gasteiger partial charge is 0.497 e. The molecule has 0 aliphatic carbocycles. The molecule has 1 amide bonds. The SMILES string of the molecule is COc1ccc(CCC2CCN(C(=O)C3CCCN(S(=O)(=O)c4cccs4)C3)CC2)cc1. The van der Waals surface area contributed by atoms with Gasteiger partial charge in [0.05, 0.1) is 13.0 Å². The van der Waals surface area contributed by atoms with E-state index < -0.39 is 10.0 Å². The number of thiophene rings is 1. The lowest BCUT2D eigenvalue weighted by molar-refractivity contribution is -0.138. The molecule has 1 atom stereocenters. The Labute approximate surface area is 195 Å². The molecule has 6 nitrogen and oxygen atoms in total. The maximum Gasteiger partial charge on any atom is 0.252 e. The highest BCUT2D eigenvalue weighted by Gasteiger charge is 2.36. The molecule has 0 bridgehead atoms. The Balaban J connectivity index is 1.26. The third-order valence-electron chi connectivity index (χ3n) is 6.75. The van der Waals surface area contributed by atoms with Crippen molar-refractivity contribution in [2.24, 2.45) is 11.8 Å². The van der Waals surface area contributed by atoms with Gasteiger partial charge in [-0.3, -0.25) is 4.79 Å². The van der Waals surface area contributed by atoms with Crippen molar-refractivity contribution in [2.75, 3.05) is 33.3 Å². The predicted octanol–water partition coefficient (Wildman–Crippen LogP) is 4.03. The predicted molar refractivity (Wildman–Crippen MR) is 126 cm³/mol. The van der Waals surface area contributed by atoms with Crippen LogP contribution >= 0.6 is 11.3 Å². The van der Waals surface area contributed by atoms with Gasteiger partial charge >= 0.3 is 0 Å². The van der Waals surface area contributed by atoms with Crippen LogP contribution in [0.3, 0.4) is 0 Å². The molecule has 1 aromatic heterocycles. The summed E-state index contributed by atoms with van der Waals surface area (Å²) in [6, 6.07) is 11.6. The highest BCUT2D eigenvalue weighted by molar-refractivity contribution is 7.91. The quantitative estimate of drug-likeness (QED) is 0.605. The number of sulfonamides is 1. The standard InChI is InChI=1S/C24H32N2O4S2/c1-30-22-10-8-19(9-11-22)6-7-20-12-15-25(16-13-20)24(27)21-4-2-14-26(18-21)32(28,29)23-5-3-17-31-23/h3,5,8-11,17,20-21H,2,4,6-7,12-16,18H2,1H3. The molecule has 1 unspecified atom stereocenters. The second-order valence-corrected chi connectivity index (χ2v) is 11.9. The van der Waals surface area contributed by atoms with Gasteiger partial charge in [0.25, 0.3) is 10.0 Å². The molecular weight excluding hydrogens is 444 g/mol. The number of hydrogen-bond acceptors (Lipinski definition) is 5. The second kappa shape index (κ2) is 10.4. The molecule has 4 rings (SSSR count). The second-order valence-electron chi connectivity index (χ2n) is 8.79. The van der Waals surface area contributed by atoms with Gasteiger partial charge in [0.1, 0.15) is 9.96 Å². The van der Waals surface area contributed by atoms with Gasteiger partial charge < -0.3 is 9.64 Å². The molecule has 2 fully saturated rings. The third kappa shape index (κ3) is 5.35. The van der Waals surface area contributed by atoms with Crippen molar-refractivity contribution in [1.82, 2.24) is 9.21 Å². The van der Waals surface area contributed by atoms with Crippen LogP contribution in [0.15, 0.2) is 46.0 Å². The molecule has 0 N–H and O–H groups in total. The third-order valence-corrected chi connectivity index (χ3v) is 9.99. The van der Waals surface area contributed by atoms with E-state index in [2.05, 4.69) is 12.1 Å². The van der Waals surface area contributed by atoms with E-state index in [-0.39, 0.29) is 11.8 Å². The van der Waals surface area contributed by atoms with Crippen molar-refractivity contribution in [3.05, 3.63) is 47.3 Å². The van der Waals surface area contributed by atoms with Gasteiger partial charge in [-0.15, -0.1) is 11.3 Å². The molecule has 2 aromatic rings. The highest BCUT2D eigenvalue weighted by atomic mass is 32.2. The summed E-state index contributed by atoms with van der Waals surface area (Å²) >= 11 is 1.23. The van der Waals surface area contributed by atoms with E-state index in [4.69, 9.17) is 4.74 Å². The van der Waals surface area contributed by atoms with E-state index in [0.29, 0.717) is 23.2 Å². The van der Waals surface area contributed by atoms with Crippen molar-refractivity contribution in [2.45, 2.75) is 42.7 Å². The molecule has 0 saturated carbocycles. The first-order valence-electron chi connectivity index (χ1n) is 11.4. The fourth-order valence-corrected chi connectivity index (χ4v) is 7.43. The van der Waals surface area contributed by atoms with Crippen molar-refractivity contribution in [1.29, 1.82) is 0 Å². The zero-order valence-electron chi connectivity index (χ0n) is 18.6. The Bertz CT molecular complexity index is 982. The topological polar surface area (TPSA) is 66.9 Å². The number of carbonyl (C=O) groups is 1. The Morgan fingerprint density at radius 2 is 1.84 bits per heavy atom. The van der Waals surface area contributed by atoms with Crippen LogP contribution in [-0.2, 0) is 21.2 Å². The van der Waals surface area contributed by atoms with Crippen molar-refractivity contribution >= 4 is 27.3 Å². The fraction of sp³-hybridized carbons (Fsp3) is 0.542. The Hall–Kier alpha value is -1.90. The Morgan fingerprint density at radius 3 is 2.50 bits per heavy atom. The van der Waals surface area contributed by atoms with E-state index in [9.17, 15) is 13.2 Å². The van der Waals surface area contributed by atoms with E-state index in [1.54, 1.807) is 24.6 Å². The van der Waals surface area contributed by atoms with Crippen molar-refractivity contribution in [3.8, 4) is 5.75 Å². The minimum atomic E-state index is -3.49. The molecule has 3 heterocycles. The number of nitrogens with zero attached hydrogens (tertiary/aromatic N) is 2. The fourth-order valence-electron chi connectivity index (χ4n) is 4.76. The van der Waals surface area contributed by atoms with Gasteiger partial charge in [0, 0.05) is 26.2 Å². The van der Waals surface area contributed by atoms with Crippen LogP contribution in [0.1, 0.15) is 37.7 Å². The van der Waals surface area contributed by atoms with Crippen molar-refractivity contribution < 1.29 is 17.9 Å².